The SMILES string of the molecule is CC(C)(C)NS(=O)(=O)c1cccc2c(NC(=O)C(Cc3ccc(F)cc3)NC(=O)c3ccccc3)cccc12. The topological polar surface area (TPSA) is 104 Å². The second-order valence-electron chi connectivity index (χ2n) is 10.2. The predicted octanol–water partition coefficient (Wildman–Crippen LogP) is 5.04. The Labute approximate surface area is 227 Å². The van der Waals surface area contributed by atoms with E-state index < -0.39 is 39.2 Å². The van der Waals surface area contributed by atoms with Crippen LogP contribution in [0.1, 0.15) is 36.7 Å². The van der Waals surface area contributed by atoms with Crippen molar-refractivity contribution in [3.05, 3.63) is 108 Å². The highest BCUT2D eigenvalue weighted by atomic mass is 32.2. The highest BCUT2D eigenvalue weighted by Gasteiger charge is 2.26. The van der Waals surface area contributed by atoms with Gasteiger partial charge < -0.3 is 10.6 Å². The van der Waals surface area contributed by atoms with Gasteiger partial charge in [0.1, 0.15) is 11.9 Å². The van der Waals surface area contributed by atoms with Gasteiger partial charge in [0, 0.05) is 34.0 Å². The van der Waals surface area contributed by atoms with E-state index in [0.29, 0.717) is 27.6 Å². The number of sulfonamides is 1. The van der Waals surface area contributed by atoms with Crippen molar-refractivity contribution in [2.75, 3.05) is 5.32 Å². The number of carbonyl (C=O) groups is 2. The van der Waals surface area contributed by atoms with Gasteiger partial charge in [0.15, 0.2) is 0 Å². The molecule has 2 amide bonds. The summed E-state index contributed by atoms with van der Waals surface area (Å²) >= 11 is 0. The fourth-order valence-corrected chi connectivity index (χ4v) is 5.84. The van der Waals surface area contributed by atoms with Gasteiger partial charge in [-0.05, 0) is 62.7 Å². The number of nitrogens with one attached hydrogen (secondary N) is 3. The summed E-state index contributed by atoms with van der Waals surface area (Å²) < 4.78 is 42.4. The van der Waals surface area contributed by atoms with Gasteiger partial charge in [-0.3, -0.25) is 9.59 Å². The van der Waals surface area contributed by atoms with E-state index in [-0.39, 0.29) is 11.3 Å². The molecule has 0 radical (unpaired) electrons. The monoisotopic (exact) mass is 547 g/mol. The molecule has 7 nitrogen and oxygen atoms in total. The number of hydrogen-bond acceptors (Lipinski definition) is 4. The maximum absolute atomic E-state index is 13.5. The van der Waals surface area contributed by atoms with Crippen molar-refractivity contribution in [1.29, 1.82) is 0 Å². The number of carbonyl (C=O) groups excluding carboxylic acids is 2. The van der Waals surface area contributed by atoms with Crippen LogP contribution in [-0.4, -0.2) is 31.8 Å². The molecular weight excluding hydrogens is 517 g/mol. The number of halogens is 1. The first kappa shape index (κ1) is 27.9. The molecule has 0 bridgehead atoms. The summed E-state index contributed by atoms with van der Waals surface area (Å²) in [6, 6.07) is 23.1. The fourth-order valence-electron chi connectivity index (χ4n) is 4.20. The number of amides is 2. The molecule has 0 aromatic heterocycles. The molecule has 3 N–H and O–H groups in total. The Bertz CT molecular complexity index is 1600. The number of hydrogen-bond donors (Lipinski definition) is 3. The summed E-state index contributed by atoms with van der Waals surface area (Å²) in [5.41, 5.74) is 0.755. The Morgan fingerprint density at radius 1 is 0.821 bits per heavy atom. The van der Waals surface area contributed by atoms with E-state index in [2.05, 4.69) is 15.4 Å². The van der Waals surface area contributed by atoms with E-state index in [0.717, 1.165) is 0 Å². The van der Waals surface area contributed by atoms with Crippen LogP contribution >= 0.6 is 0 Å². The highest BCUT2D eigenvalue weighted by Crippen LogP contribution is 2.29. The van der Waals surface area contributed by atoms with Crippen LogP contribution in [0.4, 0.5) is 10.1 Å². The van der Waals surface area contributed by atoms with Gasteiger partial charge in [-0.2, -0.15) is 0 Å². The maximum atomic E-state index is 13.5. The first-order chi connectivity index (χ1) is 18.4. The number of fused-ring (bicyclic) bond motifs is 1. The van der Waals surface area contributed by atoms with Crippen LogP contribution in [-0.2, 0) is 21.2 Å². The van der Waals surface area contributed by atoms with Gasteiger partial charge in [-0.1, -0.05) is 54.6 Å². The van der Waals surface area contributed by atoms with Gasteiger partial charge in [0.2, 0.25) is 15.9 Å². The lowest BCUT2D eigenvalue weighted by molar-refractivity contribution is -0.118. The van der Waals surface area contributed by atoms with Gasteiger partial charge >= 0.3 is 0 Å². The zero-order valence-corrected chi connectivity index (χ0v) is 22.7. The maximum Gasteiger partial charge on any atom is 0.251 e. The summed E-state index contributed by atoms with van der Waals surface area (Å²) in [4.78, 5) is 26.5. The second kappa shape index (κ2) is 11.3. The molecule has 0 saturated heterocycles. The van der Waals surface area contributed by atoms with Crippen LogP contribution in [0.15, 0.2) is 95.9 Å². The second-order valence-corrected chi connectivity index (χ2v) is 11.9. The predicted molar refractivity (Wildman–Crippen MR) is 150 cm³/mol. The molecule has 9 heteroatoms. The van der Waals surface area contributed by atoms with E-state index in [9.17, 15) is 22.4 Å². The molecule has 1 atom stereocenters. The molecular formula is C30H30FN3O4S. The van der Waals surface area contributed by atoms with Crippen LogP contribution < -0.4 is 15.4 Å². The van der Waals surface area contributed by atoms with Crippen molar-refractivity contribution in [3.63, 3.8) is 0 Å². The molecule has 4 rings (SSSR count). The first-order valence-corrected chi connectivity index (χ1v) is 13.9. The largest absolute Gasteiger partial charge is 0.340 e. The van der Waals surface area contributed by atoms with E-state index in [1.807, 2.05) is 0 Å². The molecule has 0 fully saturated rings. The average Bonchev–Trinajstić information content (AvgIpc) is 2.88. The van der Waals surface area contributed by atoms with Crippen molar-refractivity contribution >= 4 is 38.3 Å². The van der Waals surface area contributed by atoms with E-state index in [1.165, 1.54) is 18.2 Å². The van der Waals surface area contributed by atoms with Crippen LogP contribution in [0.5, 0.6) is 0 Å². The Kier molecular flexibility index (Phi) is 8.13. The van der Waals surface area contributed by atoms with Gasteiger partial charge in [0.25, 0.3) is 5.91 Å². The lowest BCUT2D eigenvalue weighted by Gasteiger charge is -2.22. The number of anilines is 1. The standard InChI is InChI=1S/C30H30FN3O4S/c1-30(2,3)34-39(37,38)27-14-8-11-23-24(27)12-7-13-25(23)32-29(36)26(19-20-15-17-22(31)18-16-20)33-28(35)21-9-5-4-6-10-21/h4-18,26,34H,19H2,1-3H3,(H,32,36)(H,33,35). The number of rotatable bonds is 8. The zero-order valence-electron chi connectivity index (χ0n) is 21.9. The molecule has 0 heterocycles. The Morgan fingerprint density at radius 3 is 2.13 bits per heavy atom. The van der Waals surface area contributed by atoms with Crippen LogP contribution in [0.3, 0.4) is 0 Å². The normalized spacial score (nSPS) is 12.6. The van der Waals surface area contributed by atoms with Gasteiger partial charge in [-0.25, -0.2) is 17.5 Å². The quantitative estimate of drug-likeness (QED) is 0.288. The van der Waals surface area contributed by atoms with Crippen molar-refractivity contribution in [2.24, 2.45) is 0 Å². The van der Waals surface area contributed by atoms with E-state index in [1.54, 1.807) is 93.6 Å². The molecule has 0 aliphatic carbocycles. The Morgan fingerprint density at radius 2 is 1.46 bits per heavy atom. The highest BCUT2D eigenvalue weighted by molar-refractivity contribution is 7.89. The summed E-state index contributed by atoms with van der Waals surface area (Å²) in [5, 5.41) is 6.60. The third-order valence-electron chi connectivity index (χ3n) is 5.88. The minimum absolute atomic E-state index is 0.0891. The van der Waals surface area contributed by atoms with Crippen molar-refractivity contribution < 1.29 is 22.4 Å². The summed E-state index contributed by atoms with van der Waals surface area (Å²) in [7, 11) is -3.85. The third-order valence-corrected chi connectivity index (χ3v) is 7.70. The van der Waals surface area contributed by atoms with Crippen LogP contribution in [0.25, 0.3) is 10.8 Å². The molecule has 39 heavy (non-hydrogen) atoms. The summed E-state index contributed by atoms with van der Waals surface area (Å²) in [5.74, 6) is -1.34. The lowest BCUT2D eigenvalue weighted by Crippen LogP contribution is -2.45. The molecule has 202 valence electrons. The molecule has 4 aromatic rings. The third kappa shape index (κ3) is 7.07. The van der Waals surface area contributed by atoms with Crippen LogP contribution in [0.2, 0.25) is 0 Å². The number of benzene rings is 4. The first-order valence-electron chi connectivity index (χ1n) is 12.4. The van der Waals surface area contributed by atoms with E-state index >= 15 is 0 Å². The molecule has 1 unspecified atom stereocenters. The zero-order chi connectivity index (χ0) is 28.2. The summed E-state index contributed by atoms with van der Waals surface area (Å²) in [6.07, 6.45) is 0.116. The Balaban J connectivity index is 1.66. The van der Waals surface area contributed by atoms with Crippen molar-refractivity contribution in [2.45, 2.75) is 43.7 Å². The van der Waals surface area contributed by atoms with E-state index in [4.69, 9.17) is 0 Å². The van der Waals surface area contributed by atoms with Crippen molar-refractivity contribution in [3.8, 4) is 0 Å². The lowest BCUT2D eigenvalue weighted by atomic mass is 10.0. The Hall–Kier alpha value is -4.08. The molecule has 0 aliphatic rings. The average molecular weight is 548 g/mol. The minimum Gasteiger partial charge on any atom is -0.340 e. The van der Waals surface area contributed by atoms with Gasteiger partial charge in [0.05, 0.1) is 4.90 Å². The fraction of sp³-hybridized carbons (Fsp3) is 0.200. The molecule has 0 saturated carbocycles. The van der Waals surface area contributed by atoms with Crippen LogP contribution in [0, 0.1) is 5.82 Å². The smallest absolute Gasteiger partial charge is 0.251 e. The summed E-state index contributed by atoms with van der Waals surface area (Å²) in [6.45, 7) is 5.27. The minimum atomic E-state index is -3.85. The van der Waals surface area contributed by atoms with Crippen molar-refractivity contribution in [1.82, 2.24) is 10.0 Å². The molecule has 0 aliphatic heterocycles. The molecule has 0 spiro atoms. The molecule has 4 aromatic carbocycles. The van der Waals surface area contributed by atoms with Gasteiger partial charge in [-0.15, -0.1) is 0 Å².